The molecular weight excluding hydrogens is 340 g/mol. The zero-order valence-electron chi connectivity index (χ0n) is 16.4. The van der Waals surface area contributed by atoms with Gasteiger partial charge in [0.2, 0.25) is 0 Å². The van der Waals surface area contributed by atoms with Crippen LogP contribution in [0.5, 0.6) is 0 Å². The van der Waals surface area contributed by atoms with Crippen molar-refractivity contribution in [1.29, 1.82) is 0 Å². The van der Waals surface area contributed by atoms with Gasteiger partial charge in [-0.05, 0) is 45.0 Å². The van der Waals surface area contributed by atoms with Crippen molar-refractivity contribution in [3.05, 3.63) is 0 Å². The summed E-state index contributed by atoms with van der Waals surface area (Å²) in [5.41, 5.74) is 0. The highest BCUT2D eigenvalue weighted by atomic mass is 32.2. The number of thioether (sulfide) groups is 1. The fourth-order valence-electron chi connectivity index (χ4n) is 2.25. The lowest BCUT2D eigenvalue weighted by Gasteiger charge is -2.25. The van der Waals surface area contributed by atoms with Gasteiger partial charge in [-0.15, -0.1) is 11.8 Å². The van der Waals surface area contributed by atoms with Crippen LogP contribution in [0.25, 0.3) is 0 Å². The molecule has 1 unspecified atom stereocenters. The first-order valence-electron chi connectivity index (χ1n) is 9.53. The zero-order valence-corrected chi connectivity index (χ0v) is 18.2. The van der Waals surface area contributed by atoms with E-state index in [1.165, 1.54) is 19.3 Å². The molecule has 4 nitrogen and oxygen atoms in total. The standard InChI is InChI=1S/C18H38O4SSi/c1-6-9-10-11-13-17(23-16-7-2)18(19)22-24(4,5)21-15-12-14-20-8-3/h17H,6-16H2,1-5H3. The van der Waals surface area contributed by atoms with Gasteiger partial charge in [-0.1, -0.05) is 39.5 Å². The third-order valence-electron chi connectivity index (χ3n) is 3.54. The summed E-state index contributed by atoms with van der Waals surface area (Å²) in [7, 11) is -2.40. The van der Waals surface area contributed by atoms with E-state index < -0.39 is 8.56 Å². The van der Waals surface area contributed by atoms with Gasteiger partial charge in [0, 0.05) is 19.8 Å². The SMILES string of the molecule is CCCCCCC(SCCC)C(=O)O[Si](C)(C)OCCCOCC. The summed E-state index contributed by atoms with van der Waals surface area (Å²) in [6.07, 6.45) is 7.59. The average Bonchev–Trinajstić information content (AvgIpc) is 2.53. The van der Waals surface area contributed by atoms with Crippen LogP contribution < -0.4 is 0 Å². The smallest absolute Gasteiger partial charge is 0.395 e. The Bertz CT molecular complexity index is 313. The third-order valence-corrected chi connectivity index (χ3v) is 6.61. The fraction of sp³-hybridized carbons (Fsp3) is 0.944. The molecule has 0 saturated heterocycles. The molecule has 144 valence electrons. The molecule has 24 heavy (non-hydrogen) atoms. The molecular formula is C18H38O4SSi. The van der Waals surface area contributed by atoms with E-state index >= 15 is 0 Å². The molecule has 0 aromatic rings. The minimum Gasteiger partial charge on any atom is -0.494 e. The lowest BCUT2D eigenvalue weighted by Crippen LogP contribution is -2.40. The van der Waals surface area contributed by atoms with E-state index in [4.69, 9.17) is 13.6 Å². The highest BCUT2D eigenvalue weighted by molar-refractivity contribution is 8.00. The second kappa shape index (κ2) is 15.2. The van der Waals surface area contributed by atoms with E-state index in [2.05, 4.69) is 13.8 Å². The molecule has 0 spiro atoms. The first-order chi connectivity index (χ1) is 11.5. The van der Waals surface area contributed by atoms with E-state index in [-0.39, 0.29) is 11.2 Å². The molecule has 0 radical (unpaired) electrons. The van der Waals surface area contributed by atoms with Crippen molar-refractivity contribution in [3.63, 3.8) is 0 Å². The van der Waals surface area contributed by atoms with Crippen LogP contribution in [-0.4, -0.2) is 45.4 Å². The van der Waals surface area contributed by atoms with Crippen LogP contribution in [0.2, 0.25) is 13.1 Å². The number of ether oxygens (including phenoxy) is 1. The Labute approximate surface area is 154 Å². The van der Waals surface area contributed by atoms with E-state index in [1.54, 1.807) is 11.8 Å². The number of carbonyl (C=O) groups excluding carboxylic acids is 1. The van der Waals surface area contributed by atoms with E-state index in [0.29, 0.717) is 13.2 Å². The second-order valence-electron chi connectivity index (χ2n) is 6.43. The number of unbranched alkanes of at least 4 members (excludes halogenated alkanes) is 3. The molecule has 0 amide bonds. The van der Waals surface area contributed by atoms with Gasteiger partial charge in [-0.25, -0.2) is 0 Å². The first kappa shape index (κ1) is 24.0. The Morgan fingerprint density at radius 3 is 2.38 bits per heavy atom. The molecule has 6 heteroatoms. The largest absolute Gasteiger partial charge is 0.494 e. The molecule has 0 aliphatic carbocycles. The highest BCUT2D eigenvalue weighted by Gasteiger charge is 2.32. The quantitative estimate of drug-likeness (QED) is 0.274. The predicted octanol–water partition coefficient (Wildman–Crippen LogP) is 5.16. The van der Waals surface area contributed by atoms with Gasteiger partial charge in [-0.3, -0.25) is 4.79 Å². The molecule has 0 bridgehead atoms. The summed E-state index contributed by atoms with van der Waals surface area (Å²) < 4.78 is 16.9. The summed E-state index contributed by atoms with van der Waals surface area (Å²) in [6, 6.07) is 0. The Hall–Kier alpha value is -0.0431. The summed E-state index contributed by atoms with van der Waals surface area (Å²) >= 11 is 1.74. The Kier molecular flexibility index (Phi) is 15.2. The van der Waals surface area contributed by atoms with Crippen molar-refractivity contribution in [1.82, 2.24) is 0 Å². The highest BCUT2D eigenvalue weighted by Crippen LogP contribution is 2.22. The minimum atomic E-state index is -2.40. The Balaban J connectivity index is 4.27. The third kappa shape index (κ3) is 13.3. The molecule has 0 aromatic heterocycles. The molecule has 0 aliphatic heterocycles. The van der Waals surface area contributed by atoms with E-state index in [0.717, 1.165) is 38.0 Å². The zero-order chi connectivity index (χ0) is 18.3. The molecule has 0 saturated carbocycles. The van der Waals surface area contributed by atoms with Gasteiger partial charge >= 0.3 is 14.5 Å². The lowest BCUT2D eigenvalue weighted by molar-refractivity contribution is -0.136. The van der Waals surface area contributed by atoms with Crippen LogP contribution >= 0.6 is 11.8 Å². The van der Waals surface area contributed by atoms with Crippen LogP contribution in [0.1, 0.15) is 65.7 Å². The summed E-state index contributed by atoms with van der Waals surface area (Å²) in [5.74, 6) is 0.927. The number of hydrogen-bond acceptors (Lipinski definition) is 5. The molecule has 1 atom stereocenters. The van der Waals surface area contributed by atoms with Crippen molar-refractivity contribution in [2.45, 2.75) is 84.1 Å². The topological polar surface area (TPSA) is 44.8 Å². The second-order valence-corrected chi connectivity index (χ2v) is 11.0. The van der Waals surface area contributed by atoms with Gasteiger partial charge in [0.15, 0.2) is 0 Å². The number of carbonyl (C=O) groups is 1. The monoisotopic (exact) mass is 378 g/mol. The van der Waals surface area contributed by atoms with Crippen LogP contribution in [0.4, 0.5) is 0 Å². The molecule has 0 aromatic carbocycles. The molecule has 0 rings (SSSR count). The van der Waals surface area contributed by atoms with Gasteiger partial charge in [0.05, 0.1) is 0 Å². The van der Waals surface area contributed by atoms with Crippen LogP contribution in [-0.2, 0) is 18.4 Å². The normalized spacial score (nSPS) is 13.0. The van der Waals surface area contributed by atoms with Crippen molar-refractivity contribution >= 4 is 26.3 Å². The van der Waals surface area contributed by atoms with Crippen molar-refractivity contribution in [3.8, 4) is 0 Å². The minimum absolute atomic E-state index is 0.0411. The Morgan fingerprint density at radius 2 is 1.75 bits per heavy atom. The van der Waals surface area contributed by atoms with Crippen molar-refractivity contribution in [2.24, 2.45) is 0 Å². The molecule has 0 heterocycles. The summed E-state index contributed by atoms with van der Waals surface area (Å²) in [5, 5.41) is -0.0411. The first-order valence-corrected chi connectivity index (χ1v) is 13.4. The summed E-state index contributed by atoms with van der Waals surface area (Å²) in [6.45, 7) is 12.2. The average molecular weight is 379 g/mol. The van der Waals surface area contributed by atoms with Gasteiger partial charge in [0.1, 0.15) is 5.25 Å². The van der Waals surface area contributed by atoms with Gasteiger partial charge < -0.3 is 13.6 Å². The van der Waals surface area contributed by atoms with Crippen LogP contribution in [0, 0.1) is 0 Å². The van der Waals surface area contributed by atoms with Crippen LogP contribution in [0.3, 0.4) is 0 Å². The van der Waals surface area contributed by atoms with Gasteiger partial charge in [-0.2, -0.15) is 0 Å². The molecule has 0 N–H and O–H groups in total. The maximum Gasteiger partial charge on any atom is 0.395 e. The molecule has 0 fully saturated rings. The summed E-state index contributed by atoms with van der Waals surface area (Å²) in [4.78, 5) is 12.6. The molecule has 0 aliphatic rings. The van der Waals surface area contributed by atoms with Crippen molar-refractivity contribution < 1.29 is 18.4 Å². The van der Waals surface area contributed by atoms with E-state index in [1.807, 2.05) is 20.0 Å². The number of rotatable bonds is 16. The number of hydrogen-bond donors (Lipinski definition) is 0. The lowest BCUT2D eigenvalue weighted by atomic mass is 10.1. The van der Waals surface area contributed by atoms with Crippen LogP contribution in [0.15, 0.2) is 0 Å². The maximum atomic E-state index is 12.6. The maximum absolute atomic E-state index is 12.6. The fourth-order valence-corrected chi connectivity index (χ4v) is 4.69. The predicted molar refractivity (Wildman–Crippen MR) is 106 cm³/mol. The van der Waals surface area contributed by atoms with Gasteiger partial charge in [0.25, 0.3) is 0 Å². The van der Waals surface area contributed by atoms with E-state index in [9.17, 15) is 4.79 Å². The van der Waals surface area contributed by atoms with Crippen molar-refractivity contribution in [2.75, 3.05) is 25.6 Å². The Morgan fingerprint density at radius 1 is 1.00 bits per heavy atom.